The Balaban J connectivity index is 1.48. The van der Waals surface area contributed by atoms with Gasteiger partial charge in [-0.1, -0.05) is 11.6 Å². The first kappa shape index (κ1) is 17.2. The van der Waals surface area contributed by atoms with Crippen molar-refractivity contribution >= 4 is 5.91 Å². The summed E-state index contributed by atoms with van der Waals surface area (Å²) in [6, 6.07) is 5.96. The number of aromatic nitrogens is 3. The van der Waals surface area contributed by atoms with E-state index in [0.717, 1.165) is 67.8 Å². The second kappa shape index (κ2) is 7.58. The molecule has 1 aromatic heterocycles. The number of likely N-dealkylation sites (tertiary alicyclic amines) is 1. The Morgan fingerprint density at radius 1 is 1.04 bits per heavy atom. The molecular formula is C20H26N4O2. The number of hydrogen-bond donors (Lipinski definition) is 0. The number of carbonyl (C=O) groups excluding carboxylic acids is 1. The summed E-state index contributed by atoms with van der Waals surface area (Å²) in [4.78, 5) is 15.2. The van der Waals surface area contributed by atoms with E-state index in [1.165, 1.54) is 12.8 Å². The molecule has 138 valence electrons. The van der Waals surface area contributed by atoms with Crippen LogP contribution in [-0.2, 0) is 4.74 Å². The first-order chi connectivity index (χ1) is 12.7. The molecule has 2 saturated heterocycles. The van der Waals surface area contributed by atoms with E-state index in [4.69, 9.17) is 4.74 Å². The SMILES string of the molecule is Cc1ccc(-n2cnnc2)c(C(=O)N2CCC(C3CCOCC3)CC2)c1. The average Bonchev–Trinajstić information content (AvgIpc) is 3.23. The van der Waals surface area contributed by atoms with Crippen LogP contribution >= 0.6 is 0 Å². The molecule has 0 aliphatic carbocycles. The molecule has 0 saturated carbocycles. The van der Waals surface area contributed by atoms with E-state index in [0.29, 0.717) is 0 Å². The molecule has 2 aromatic rings. The summed E-state index contributed by atoms with van der Waals surface area (Å²) in [6.07, 6.45) is 7.83. The molecule has 2 fully saturated rings. The average molecular weight is 354 g/mol. The predicted octanol–water partition coefficient (Wildman–Crippen LogP) is 2.85. The third kappa shape index (κ3) is 3.51. The number of carbonyl (C=O) groups is 1. The minimum Gasteiger partial charge on any atom is -0.381 e. The molecule has 1 amide bonds. The van der Waals surface area contributed by atoms with Crippen molar-refractivity contribution in [2.75, 3.05) is 26.3 Å². The third-order valence-electron chi connectivity index (χ3n) is 5.84. The number of benzene rings is 1. The van der Waals surface area contributed by atoms with E-state index in [2.05, 4.69) is 10.2 Å². The van der Waals surface area contributed by atoms with Crippen molar-refractivity contribution in [1.82, 2.24) is 19.7 Å². The fourth-order valence-corrected chi connectivity index (χ4v) is 4.30. The largest absolute Gasteiger partial charge is 0.381 e. The van der Waals surface area contributed by atoms with Crippen molar-refractivity contribution in [1.29, 1.82) is 0 Å². The number of hydrogen-bond acceptors (Lipinski definition) is 4. The van der Waals surface area contributed by atoms with Gasteiger partial charge in [0.2, 0.25) is 0 Å². The molecule has 0 spiro atoms. The van der Waals surface area contributed by atoms with Gasteiger partial charge in [0.25, 0.3) is 5.91 Å². The molecule has 6 heteroatoms. The van der Waals surface area contributed by atoms with Crippen molar-refractivity contribution in [3.05, 3.63) is 42.0 Å². The lowest BCUT2D eigenvalue weighted by Crippen LogP contribution is -2.41. The zero-order valence-corrected chi connectivity index (χ0v) is 15.3. The van der Waals surface area contributed by atoms with Gasteiger partial charge in [-0.05, 0) is 56.6 Å². The van der Waals surface area contributed by atoms with Crippen molar-refractivity contribution in [2.45, 2.75) is 32.6 Å². The summed E-state index contributed by atoms with van der Waals surface area (Å²) in [7, 11) is 0. The molecule has 0 N–H and O–H groups in total. The van der Waals surface area contributed by atoms with Gasteiger partial charge in [0, 0.05) is 26.3 Å². The van der Waals surface area contributed by atoms with Crippen molar-refractivity contribution in [3.8, 4) is 5.69 Å². The van der Waals surface area contributed by atoms with Gasteiger partial charge in [-0.2, -0.15) is 0 Å². The third-order valence-corrected chi connectivity index (χ3v) is 5.84. The Morgan fingerprint density at radius 2 is 1.69 bits per heavy atom. The number of aryl methyl sites for hydroxylation is 1. The molecule has 0 unspecified atom stereocenters. The number of rotatable bonds is 3. The highest BCUT2D eigenvalue weighted by atomic mass is 16.5. The molecule has 1 aromatic carbocycles. The van der Waals surface area contributed by atoms with E-state index < -0.39 is 0 Å². The molecule has 6 nitrogen and oxygen atoms in total. The number of piperidine rings is 1. The van der Waals surface area contributed by atoms with Crippen molar-refractivity contribution in [2.24, 2.45) is 11.8 Å². The topological polar surface area (TPSA) is 60.2 Å². The van der Waals surface area contributed by atoms with Crippen LogP contribution in [0.1, 0.15) is 41.6 Å². The zero-order valence-electron chi connectivity index (χ0n) is 15.3. The molecule has 2 aliphatic rings. The van der Waals surface area contributed by atoms with Gasteiger partial charge >= 0.3 is 0 Å². The van der Waals surface area contributed by atoms with Crippen LogP contribution in [0.2, 0.25) is 0 Å². The minimum absolute atomic E-state index is 0.114. The minimum atomic E-state index is 0.114. The van der Waals surface area contributed by atoms with Gasteiger partial charge < -0.3 is 9.64 Å². The zero-order chi connectivity index (χ0) is 17.9. The number of ether oxygens (including phenoxy) is 1. The van der Waals surface area contributed by atoms with Crippen LogP contribution in [0, 0.1) is 18.8 Å². The Bertz CT molecular complexity index is 745. The summed E-state index contributed by atoms with van der Waals surface area (Å²) in [6.45, 7) is 5.50. The van der Waals surface area contributed by atoms with E-state index in [1.54, 1.807) is 17.2 Å². The van der Waals surface area contributed by atoms with Crippen LogP contribution < -0.4 is 0 Å². The van der Waals surface area contributed by atoms with Crippen LogP contribution in [0.25, 0.3) is 5.69 Å². The standard InChI is InChI=1S/C20H26N4O2/c1-15-2-3-19(24-13-21-22-14-24)18(12-15)20(25)23-8-4-16(5-9-23)17-6-10-26-11-7-17/h2-3,12-14,16-17H,4-11H2,1H3. The molecule has 0 bridgehead atoms. The van der Waals surface area contributed by atoms with Gasteiger partial charge in [-0.25, -0.2) is 0 Å². The molecule has 0 atom stereocenters. The van der Waals surface area contributed by atoms with E-state index in [-0.39, 0.29) is 5.91 Å². The molecule has 3 heterocycles. The Labute approximate surface area is 154 Å². The Kier molecular flexibility index (Phi) is 5.02. The summed E-state index contributed by atoms with van der Waals surface area (Å²) in [5.41, 5.74) is 2.66. The summed E-state index contributed by atoms with van der Waals surface area (Å²) < 4.78 is 7.30. The second-order valence-electron chi connectivity index (χ2n) is 7.47. The fourth-order valence-electron chi connectivity index (χ4n) is 4.30. The van der Waals surface area contributed by atoms with Gasteiger partial charge in [0.05, 0.1) is 11.3 Å². The van der Waals surface area contributed by atoms with Crippen molar-refractivity contribution in [3.63, 3.8) is 0 Å². The number of nitrogens with zero attached hydrogens (tertiary/aromatic N) is 4. The highest BCUT2D eigenvalue weighted by molar-refractivity contribution is 5.98. The van der Waals surface area contributed by atoms with E-state index >= 15 is 0 Å². The Hall–Kier alpha value is -2.21. The van der Waals surface area contributed by atoms with Crippen LogP contribution in [0.5, 0.6) is 0 Å². The fraction of sp³-hybridized carbons (Fsp3) is 0.550. The normalized spacial score (nSPS) is 19.7. The molecule has 26 heavy (non-hydrogen) atoms. The van der Waals surface area contributed by atoms with Crippen molar-refractivity contribution < 1.29 is 9.53 Å². The predicted molar refractivity (Wildman–Crippen MR) is 98.3 cm³/mol. The maximum atomic E-state index is 13.2. The molecule has 4 rings (SSSR count). The maximum Gasteiger partial charge on any atom is 0.255 e. The quantitative estimate of drug-likeness (QED) is 0.850. The smallest absolute Gasteiger partial charge is 0.255 e. The Morgan fingerprint density at radius 3 is 2.38 bits per heavy atom. The van der Waals surface area contributed by atoms with Gasteiger partial charge in [-0.3, -0.25) is 9.36 Å². The molecule has 0 radical (unpaired) electrons. The monoisotopic (exact) mass is 354 g/mol. The van der Waals surface area contributed by atoms with Crippen LogP contribution in [0.3, 0.4) is 0 Å². The number of amides is 1. The highest BCUT2D eigenvalue weighted by Gasteiger charge is 2.30. The van der Waals surface area contributed by atoms with Gasteiger partial charge in [0.1, 0.15) is 12.7 Å². The lowest BCUT2D eigenvalue weighted by molar-refractivity contribution is 0.0288. The summed E-state index contributed by atoms with van der Waals surface area (Å²) in [5, 5.41) is 7.75. The first-order valence-electron chi connectivity index (χ1n) is 9.55. The van der Waals surface area contributed by atoms with Gasteiger partial charge in [0.15, 0.2) is 0 Å². The highest BCUT2D eigenvalue weighted by Crippen LogP contribution is 2.32. The van der Waals surface area contributed by atoms with Crippen LogP contribution in [0.15, 0.2) is 30.9 Å². The van der Waals surface area contributed by atoms with E-state index in [9.17, 15) is 4.79 Å². The first-order valence-corrected chi connectivity index (χ1v) is 9.55. The summed E-state index contributed by atoms with van der Waals surface area (Å²) >= 11 is 0. The molecule has 2 aliphatic heterocycles. The van der Waals surface area contributed by atoms with Crippen LogP contribution in [-0.4, -0.2) is 51.9 Å². The lowest BCUT2D eigenvalue weighted by atomic mass is 9.80. The maximum absolute atomic E-state index is 13.2. The second-order valence-corrected chi connectivity index (χ2v) is 7.47. The van der Waals surface area contributed by atoms with Crippen LogP contribution in [0.4, 0.5) is 0 Å². The van der Waals surface area contributed by atoms with Gasteiger partial charge in [-0.15, -0.1) is 10.2 Å². The molecular weight excluding hydrogens is 328 g/mol. The summed E-state index contributed by atoms with van der Waals surface area (Å²) in [5.74, 6) is 1.62. The lowest BCUT2D eigenvalue weighted by Gasteiger charge is -2.37. The van der Waals surface area contributed by atoms with E-state index in [1.807, 2.05) is 30.0 Å².